The zero-order valence-electron chi connectivity index (χ0n) is 14.9. The molecule has 1 unspecified atom stereocenters. The first-order chi connectivity index (χ1) is 12.5. The molecule has 1 atom stereocenters. The SMILES string of the molecule is COc1cccc(OC)c1-n1c(NS(C)=O)nnc1-c1cncc(C)c1. The van der Waals surface area contributed by atoms with Crippen LogP contribution in [-0.2, 0) is 11.0 Å². The molecule has 26 heavy (non-hydrogen) atoms. The van der Waals surface area contributed by atoms with E-state index in [0.717, 1.165) is 11.1 Å². The number of aromatic nitrogens is 4. The summed E-state index contributed by atoms with van der Waals surface area (Å²) in [5.74, 6) is 1.97. The highest BCUT2D eigenvalue weighted by molar-refractivity contribution is 7.85. The number of para-hydroxylation sites is 1. The molecule has 0 saturated carbocycles. The summed E-state index contributed by atoms with van der Waals surface area (Å²) in [4.78, 5) is 4.23. The van der Waals surface area contributed by atoms with Crippen molar-refractivity contribution in [3.8, 4) is 28.6 Å². The largest absolute Gasteiger partial charge is 0.494 e. The lowest BCUT2D eigenvalue weighted by molar-refractivity contribution is 0.391. The fraction of sp³-hybridized carbons (Fsp3) is 0.235. The number of hydrogen-bond donors (Lipinski definition) is 1. The third-order valence-electron chi connectivity index (χ3n) is 3.66. The standard InChI is InChI=1S/C17H19N5O3S/c1-11-8-12(10-18-9-11)16-19-20-17(21-26(4)23)22(16)15-13(24-2)6-5-7-14(15)25-3/h5-10H,1-4H3,(H,20,21). The van der Waals surface area contributed by atoms with Gasteiger partial charge in [0.1, 0.15) is 28.2 Å². The highest BCUT2D eigenvalue weighted by atomic mass is 32.2. The second-order valence-electron chi connectivity index (χ2n) is 5.50. The maximum absolute atomic E-state index is 11.7. The molecule has 3 rings (SSSR count). The summed E-state index contributed by atoms with van der Waals surface area (Å²) in [7, 11) is 1.81. The molecule has 9 heteroatoms. The van der Waals surface area contributed by atoms with Crippen LogP contribution in [0.15, 0.2) is 36.7 Å². The van der Waals surface area contributed by atoms with Crippen molar-refractivity contribution >= 4 is 16.9 Å². The summed E-state index contributed by atoms with van der Waals surface area (Å²) in [5.41, 5.74) is 2.35. The van der Waals surface area contributed by atoms with Crippen LogP contribution in [0.3, 0.4) is 0 Å². The summed E-state index contributed by atoms with van der Waals surface area (Å²) in [6.45, 7) is 1.95. The van der Waals surface area contributed by atoms with Gasteiger partial charge in [0, 0.05) is 24.2 Å². The first-order valence-electron chi connectivity index (χ1n) is 7.74. The molecule has 3 aromatic rings. The van der Waals surface area contributed by atoms with E-state index in [4.69, 9.17) is 9.47 Å². The molecule has 0 radical (unpaired) electrons. The van der Waals surface area contributed by atoms with E-state index in [2.05, 4.69) is 19.9 Å². The first kappa shape index (κ1) is 17.9. The van der Waals surface area contributed by atoms with Crippen LogP contribution < -0.4 is 14.2 Å². The van der Waals surface area contributed by atoms with Gasteiger partial charge in [-0.15, -0.1) is 10.2 Å². The zero-order valence-corrected chi connectivity index (χ0v) is 15.7. The van der Waals surface area contributed by atoms with Crippen LogP contribution >= 0.6 is 0 Å². The number of nitrogens with one attached hydrogen (secondary N) is 1. The van der Waals surface area contributed by atoms with Crippen molar-refractivity contribution in [2.24, 2.45) is 0 Å². The molecule has 2 aromatic heterocycles. The number of anilines is 1. The normalized spacial score (nSPS) is 11.8. The smallest absolute Gasteiger partial charge is 0.241 e. The number of rotatable bonds is 6. The van der Waals surface area contributed by atoms with E-state index in [1.807, 2.05) is 31.2 Å². The van der Waals surface area contributed by atoms with Gasteiger partial charge in [-0.25, -0.2) is 4.21 Å². The second-order valence-corrected chi connectivity index (χ2v) is 6.61. The van der Waals surface area contributed by atoms with Crippen molar-refractivity contribution in [2.75, 3.05) is 25.2 Å². The molecule has 2 heterocycles. The Hall–Kier alpha value is -2.94. The lowest BCUT2D eigenvalue weighted by atomic mass is 10.2. The zero-order chi connectivity index (χ0) is 18.7. The van der Waals surface area contributed by atoms with Gasteiger partial charge in [0.2, 0.25) is 5.95 Å². The van der Waals surface area contributed by atoms with Crippen molar-refractivity contribution in [3.63, 3.8) is 0 Å². The Morgan fingerprint density at radius 1 is 1.12 bits per heavy atom. The van der Waals surface area contributed by atoms with Crippen molar-refractivity contribution in [1.29, 1.82) is 0 Å². The summed E-state index contributed by atoms with van der Waals surface area (Å²) < 4.78 is 27.3. The van der Waals surface area contributed by atoms with Gasteiger partial charge in [0.15, 0.2) is 5.82 Å². The van der Waals surface area contributed by atoms with E-state index in [0.29, 0.717) is 29.0 Å². The van der Waals surface area contributed by atoms with Gasteiger partial charge in [0.25, 0.3) is 0 Å². The summed E-state index contributed by atoms with van der Waals surface area (Å²) in [6.07, 6.45) is 4.97. The van der Waals surface area contributed by atoms with Gasteiger partial charge in [-0.1, -0.05) is 6.07 Å². The Bertz CT molecular complexity index is 935. The minimum Gasteiger partial charge on any atom is -0.494 e. The molecule has 0 amide bonds. The Morgan fingerprint density at radius 3 is 2.38 bits per heavy atom. The lowest BCUT2D eigenvalue weighted by Gasteiger charge is -2.17. The predicted molar refractivity (Wildman–Crippen MR) is 100 cm³/mol. The molecule has 0 aliphatic carbocycles. The summed E-state index contributed by atoms with van der Waals surface area (Å²) in [5, 5.41) is 8.43. The number of benzene rings is 1. The topological polar surface area (TPSA) is 91.2 Å². The molecular formula is C17H19N5O3S. The van der Waals surface area contributed by atoms with Crippen LogP contribution in [0.1, 0.15) is 5.56 Å². The average molecular weight is 373 g/mol. The third-order valence-corrected chi connectivity index (χ3v) is 4.13. The Balaban J connectivity index is 2.32. The first-order valence-corrected chi connectivity index (χ1v) is 9.30. The third kappa shape index (κ3) is 3.38. The molecule has 136 valence electrons. The number of pyridine rings is 1. The van der Waals surface area contributed by atoms with Crippen molar-refractivity contribution in [2.45, 2.75) is 6.92 Å². The monoisotopic (exact) mass is 373 g/mol. The summed E-state index contributed by atoms with van der Waals surface area (Å²) in [6, 6.07) is 7.39. The molecule has 0 saturated heterocycles. The molecule has 0 fully saturated rings. The van der Waals surface area contributed by atoms with Gasteiger partial charge in [-0.3, -0.25) is 14.3 Å². The fourth-order valence-corrected chi connectivity index (χ4v) is 3.00. The molecule has 1 aromatic carbocycles. The minimum absolute atomic E-state index is 0.310. The highest BCUT2D eigenvalue weighted by Crippen LogP contribution is 2.37. The quantitative estimate of drug-likeness (QED) is 0.713. The maximum Gasteiger partial charge on any atom is 0.241 e. The lowest BCUT2D eigenvalue weighted by Crippen LogP contribution is -2.10. The van der Waals surface area contributed by atoms with E-state index >= 15 is 0 Å². The number of hydrogen-bond acceptors (Lipinski definition) is 6. The van der Waals surface area contributed by atoms with Crippen molar-refractivity contribution < 1.29 is 13.7 Å². The molecule has 0 aliphatic rings. The van der Waals surface area contributed by atoms with Crippen LogP contribution in [0.25, 0.3) is 17.1 Å². The van der Waals surface area contributed by atoms with Gasteiger partial charge in [-0.2, -0.15) is 0 Å². The molecule has 0 bridgehead atoms. The van der Waals surface area contributed by atoms with Gasteiger partial charge in [-0.05, 0) is 30.7 Å². The number of nitrogens with zero attached hydrogens (tertiary/aromatic N) is 4. The summed E-state index contributed by atoms with van der Waals surface area (Å²) >= 11 is 0. The molecule has 1 N–H and O–H groups in total. The van der Waals surface area contributed by atoms with Crippen LogP contribution in [0.5, 0.6) is 11.5 Å². The fourth-order valence-electron chi connectivity index (χ4n) is 2.61. The van der Waals surface area contributed by atoms with E-state index in [-0.39, 0.29) is 0 Å². The maximum atomic E-state index is 11.7. The Kier molecular flexibility index (Phi) is 5.17. The van der Waals surface area contributed by atoms with Crippen LogP contribution in [0, 0.1) is 6.92 Å². The number of ether oxygens (including phenoxy) is 2. The Morgan fingerprint density at radius 2 is 1.81 bits per heavy atom. The minimum atomic E-state index is -1.34. The number of methoxy groups -OCH3 is 2. The van der Waals surface area contributed by atoms with Crippen molar-refractivity contribution in [3.05, 3.63) is 42.2 Å². The average Bonchev–Trinajstić information content (AvgIpc) is 3.03. The molecular weight excluding hydrogens is 354 g/mol. The van der Waals surface area contributed by atoms with E-state index in [1.165, 1.54) is 6.26 Å². The van der Waals surface area contributed by atoms with Crippen LogP contribution in [0.2, 0.25) is 0 Å². The second kappa shape index (κ2) is 7.52. The van der Waals surface area contributed by atoms with E-state index < -0.39 is 11.0 Å². The Labute approximate surface area is 153 Å². The number of aryl methyl sites for hydroxylation is 1. The highest BCUT2D eigenvalue weighted by Gasteiger charge is 2.22. The van der Waals surface area contributed by atoms with Crippen LogP contribution in [-0.4, -0.2) is 44.4 Å². The van der Waals surface area contributed by atoms with Gasteiger partial charge < -0.3 is 9.47 Å². The van der Waals surface area contributed by atoms with E-state index in [1.54, 1.807) is 31.2 Å². The molecule has 0 aliphatic heterocycles. The van der Waals surface area contributed by atoms with Crippen LogP contribution in [0.4, 0.5) is 5.95 Å². The predicted octanol–water partition coefficient (Wildman–Crippen LogP) is 2.36. The van der Waals surface area contributed by atoms with E-state index in [9.17, 15) is 4.21 Å². The van der Waals surface area contributed by atoms with Gasteiger partial charge >= 0.3 is 0 Å². The van der Waals surface area contributed by atoms with Crippen molar-refractivity contribution in [1.82, 2.24) is 19.7 Å². The molecule has 0 spiro atoms. The molecule has 8 nitrogen and oxygen atoms in total. The van der Waals surface area contributed by atoms with Gasteiger partial charge in [0.05, 0.1) is 14.2 Å².